The topological polar surface area (TPSA) is 45.2 Å². The van der Waals surface area contributed by atoms with E-state index in [0.29, 0.717) is 10.6 Å². The number of anilines is 2. The number of pyridine rings is 1. The molecular formula is C19H14ClN3O. The second-order valence-corrected chi connectivity index (χ2v) is 5.94. The average Bonchev–Trinajstić information content (AvgIpc) is 2.90. The third kappa shape index (κ3) is 2.51. The summed E-state index contributed by atoms with van der Waals surface area (Å²) in [4.78, 5) is 19.0. The minimum absolute atomic E-state index is 0.0595. The van der Waals surface area contributed by atoms with E-state index in [2.05, 4.69) is 10.3 Å². The molecule has 1 aliphatic rings. The van der Waals surface area contributed by atoms with E-state index in [9.17, 15) is 4.79 Å². The molecule has 1 N–H and O–H groups in total. The van der Waals surface area contributed by atoms with Gasteiger partial charge in [0.15, 0.2) is 6.17 Å². The van der Waals surface area contributed by atoms with Crippen molar-refractivity contribution in [1.29, 1.82) is 0 Å². The van der Waals surface area contributed by atoms with Gasteiger partial charge in [0, 0.05) is 22.6 Å². The Morgan fingerprint density at radius 1 is 0.958 bits per heavy atom. The molecule has 24 heavy (non-hydrogen) atoms. The number of nitrogens with zero attached hydrogens (tertiary/aromatic N) is 2. The molecule has 0 spiro atoms. The molecular weight excluding hydrogens is 322 g/mol. The third-order valence-corrected chi connectivity index (χ3v) is 4.24. The maximum atomic E-state index is 12.9. The van der Waals surface area contributed by atoms with Crippen molar-refractivity contribution in [3.8, 4) is 0 Å². The molecule has 4 nitrogen and oxygen atoms in total. The second kappa shape index (κ2) is 5.98. The van der Waals surface area contributed by atoms with Gasteiger partial charge in [0.05, 0.1) is 11.3 Å². The van der Waals surface area contributed by atoms with Gasteiger partial charge in [0.2, 0.25) is 0 Å². The van der Waals surface area contributed by atoms with Crippen LogP contribution in [0.25, 0.3) is 0 Å². The van der Waals surface area contributed by atoms with Crippen molar-refractivity contribution in [2.45, 2.75) is 6.17 Å². The van der Waals surface area contributed by atoms with Crippen molar-refractivity contribution in [3.63, 3.8) is 0 Å². The summed E-state index contributed by atoms with van der Waals surface area (Å²) >= 11 is 5.95. The zero-order chi connectivity index (χ0) is 16.5. The van der Waals surface area contributed by atoms with Gasteiger partial charge in [0.25, 0.3) is 5.91 Å². The number of benzene rings is 2. The Morgan fingerprint density at radius 3 is 2.46 bits per heavy atom. The van der Waals surface area contributed by atoms with E-state index in [-0.39, 0.29) is 12.1 Å². The molecule has 4 rings (SSSR count). The van der Waals surface area contributed by atoms with Gasteiger partial charge in [-0.3, -0.25) is 14.7 Å². The molecule has 1 atom stereocenters. The van der Waals surface area contributed by atoms with Gasteiger partial charge in [-0.2, -0.15) is 0 Å². The molecule has 2 aromatic carbocycles. The van der Waals surface area contributed by atoms with Crippen LogP contribution in [0.2, 0.25) is 5.02 Å². The fraction of sp³-hybridized carbons (Fsp3) is 0.0526. The van der Waals surface area contributed by atoms with Crippen molar-refractivity contribution < 1.29 is 4.79 Å². The zero-order valence-corrected chi connectivity index (χ0v) is 13.4. The van der Waals surface area contributed by atoms with Crippen molar-refractivity contribution in [2.75, 3.05) is 10.2 Å². The van der Waals surface area contributed by atoms with Crippen LogP contribution in [0.15, 0.2) is 72.9 Å². The SMILES string of the molecule is O=C1c2cccnc2C(Nc2ccc(Cl)cc2)N1c1ccccc1. The number of nitrogens with one attached hydrogen (secondary N) is 1. The van der Waals surface area contributed by atoms with Gasteiger partial charge in [-0.25, -0.2) is 0 Å². The normalized spacial score (nSPS) is 16.1. The van der Waals surface area contributed by atoms with E-state index < -0.39 is 0 Å². The fourth-order valence-corrected chi connectivity index (χ4v) is 3.00. The molecule has 1 aliphatic heterocycles. The first-order chi connectivity index (χ1) is 11.7. The molecule has 1 unspecified atom stereocenters. The van der Waals surface area contributed by atoms with Crippen LogP contribution >= 0.6 is 11.6 Å². The summed E-state index contributed by atoms with van der Waals surface area (Å²) in [5.74, 6) is -0.0595. The minimum atomic E-state index is -0.364. The molecule has 0 saturated heterocycles. The molecule has 1 amide bonds. The number of rotatable bonds is 3. The molecule has 5 heteroatoms. The summed E-state index contributed by atoms with van der Waals surface area (Å²) < 4.78 is 0. The quantitative estimate of drug-likeness (QED) is 0.766. The highest BCUT2D eigenvalue weighted by Gasteiger charge is 2.38. The summed E-state index contributed by atoms with van der Waals surface area (Å²) in [6.07, 6.45) is 1.34. The fourth-order valence-electron chi connectivity index (χ4n) is 2.88. The standard InChI is InChI=1S/C19H14ClN3O/c20-13-8-10-14(11-9-13)22-18-17-16(7-4-12-21-17)19(24)23(18)15-5-2-1-3-6-15/h1-12,18,22H. The highest BCUT2D eigenvalue weighted by atomic mass is 35.5. The minimum Gasteiger partial charge on any atom is -0.360 e. The van der Waals surface area contributed by atoms with Gasteiger partial charge in [-0.1, -0.05) is 29.8 Å². The van der Waals surface area contributed by atoms with Gasteiger partial charge in [-0.15, -0.1) is 0 Å². The molecule has 0 aliphatic carbocycles. The van der Waals surface area contributed by atoms with E-state index in [1.165, 1.54) is 0 Å². The number of aromatic nitrogens is 1. The Kier molecular flexibility index (Phi) is 3.67. The first-order valence-electron chi connectivity index (χ1n) is 7.60. The molecule has 1 aromatic heterocycles. The number of halogens is 1. The number of fused-ring (bicyclic) bond motifs is 1. The van der Waals surface area contributed by atoms with Crippen LogP contribution < -0.4 is 10.2 Å². The Labute approximate surface area is 144 Å². The smallest absolute Gasteiger partial charge is 0.262 e. The number of carbonyl (C=O) groups is 1. The van der Waals surface area contributed by atoms with Crippen LogP contribution in [-0.4, -0.2) is 10.9 Å². The van der Waals surface area contributed by atoms with Crippen LogP contribution in [0, 0.1) is 0 Å². The summed E-state index contributed by atoms with van der Waals surface area (Å²) in [7, 11) is 0. The van der Waals surface area contributed by atoms with E-state index >= 15 is 0 Å². The lowest BCUT2D eigenvalue weighted by atomic mass is 10.2. The van der Waals surface area contributed by atoms with Crippen LogP contribution in [0.5, 0.6) is 0 Å². The van der Waals surface area contributed by atoms with Gasteiger partial charge in [-0.05, 0) is 48.5 Å². The van der Waals surface area contributed by atoms with Crippen molar-refractivity contribution in [1.82, 2.24) is 4.98 Å². The van der Waals surface area contributed by atoms with Crippen molar-refractivity contribution in [2.24, 2.45) is 0 Å². The highest BCUT2D eigenvalue weighted by Crippen LogP contribution is 2.36. The average molecular weight is 336 g/mol. The summed E-state index contributed by atoms with van der Waals surface area (Å²) in [5.41, 5.74) is 3.04. The number of hydrogen-bond donors (Lipinski definition) is 1. The molecule has 3 aromatic rings. The lowest BCUT2D eigenvalue weighted by Gasteiger charge is -2.26. The second-order valence-electron chi connectivity index (χ2n) is 5.50. The number of para-hydroxylation sites is 1. The molecule has 118 valence electrons. The summed E-state index contributed by atoms with van der Waals surface area (Å²) in [6, 6.07) is 20.6. The van der Waals surface area contributed by atoms with Gasteiger partial charge < -0.3 is 5.32 Å². The van der Waals surface area contributed by atoms with Crippen molar-refractivity contribution >= 4 is 28.9 Å². The van der Waals surface area contributed by atoms with E-state index in [1.54, 1.807) is 17.2 Å². The Morgan fingerprint density at radius 2 is 1.71 bits per heavy atom. The van der Waals surface area contributed by atoms with E-state index in [0.717, 1.165) is 17.1 Å². The monoisotopic (exact) mass is 335 g/mol. The largest absolute Gasteiger partial charge is 0.360 e. The lowest BCUT2D eigenvalue weighted by molar-refractivity contribution is 0.0993. The van der Waals surface area contributed by atoms with Crippen LogP contribution in [0.3, 0.4) is 0 Å². The van der Waals surface area contributed by atoms with E-state index in [4.69, 9.17) is 11.6 Å². The van der Waals surface area contributed by atoms with Crippen LogP contribution in [0.4, 0.5) is 11.4 Å². The molecule has 0 bridgehead atoms. The number of hydrogen-bond acceptors (Lipinski definition) is 3. The van der Waals surface area contributed by atoms with Crippen LogP contribution in [0.1, 0.15) is 22.2 Å². The van der Waals surface area contributed by atoms with Crippen LogP contribution in [-0.2, 0) is 0 Å². The lowest BCUT2D eigenvalue weighted by Crippen LogP contribution is -2.32. The van der Waals surface area contributed by atoms with E-state index in [1.807, 2.05) is 60.7 Å². The summed E-state index contributed by atoms with van der Waals surface area (Å²) in [6.45, 7) is 0. The maximum Gasteiger partial charge on any atom is 0.262 e. The molecule has 0 fully saturated rings. The Hall–Kier alpha value is -2.85. The van der Waals surface area contributed by atoms with Crippen molar-refractivity contribution in [3.05, 3.63) is 89.2 Å². The molecule has 2 heterocycles. The molecule has 0 radical (unpaired) electrons. The Bertz CT molecular complexity index is 881. The number of amides is 1. The highest BCUT2D eigenvalue weighted by molar-refractivity contribution is 6.30. The predicted molar refractivity (Wildman–Crippen MR) is 95.3 cm³/mol. The predicted octanol–water partition coefficient (Wildman–Crippen LogP) is 4.51. The first kappa shape index (κ1) is 14.7. The molecule has 0 saturated carbocycles. The summed E-state index contributed by atoms with van der Waals surface area (Å²) in [5, 5.41) is 4.06. The van der Waals surface area contributed by atoms with Gasteiger partial charge in [0.1, 0.15) is 0 Å². The Balaban J connectivity index is 1.77. The third-order valence-electron chi connectivity index (χ3n) is 3.99. The maximum absolute atomic E-state index is 12.9. The first-order valence-corrected chi connectivity index (χ1v) is 7.97. The van der Waals surface area contributed by atoms with Gasteiger partial charge >= 0.3 is 0 Å². The number of carbonyl (C=O) groups excluding carboxylic acids is 1. The zero-order valence-electron chi connectivity index (χ0n) is 12.7.